The van der Waals surface area contributed by atoms with Gasteiger partial charge >= 0.3 is 0 Å². The first-order valence-electron chi connectivity index (χ1n) is 8.03. The summed E-state index contributed by atoms with van der Waals surface area (Å²) in [4.78, 5) is 4.52. The predicted octanol–water partition coefficient (Wildman–Crippen LogP) is 2.95. The Bertz CT molecular complexity index is 1100. The Morgan fingerprint density at radius 2 is 1.73 bits per heavy atom. The zero-order valence-corrected chi connectivity index (χ0v) is 14.6. The SMILES string of the molecule is O=S(=O)(c1ccc(Cn2ccnc2)cc1)c1cccc(-n2cccn2)c1. The molecule has 0 spiro atoms. The molecule has 7 heteroatoms. The third kappa shape index (κ3) is 3.16. The van der Waals surface area contributed by atoms with E-state index in [2.05, 4.69) is 10.1 Å². The third-order valence-corrected chi connectivity index (χ3v) is 5.82. The van der Waals surface area contributed by atoms with E-state index in [1.165, 1.54) is 0 Å². The Morgan fingerprint density at radius 1 is 0.885 bits per heavy atom. The molecule has 2 aromatic heterocycles. The van der Waals surface area contributed by atoms with Gasteiger partial charge in [-0.3, -0.25) is 0 Å². The molecule has 0 atom stereocenters. The molecular formula is C19H16N4O2S. The van der Waals surface area contributed by atoms with Gasteiger partial charge in [-0.2, -0.15) is 5.10 Å². The molecule has 130 valence electrons. The van der Waals surface area contributed by atoms with Crippen molar-refractivity contribution in [1.29, 1.82) is 0 Å². The zero-order chi connectivity index (χ0) is 18.0. The van der Waals surface area contributed by atoms with Crippen LogP contribution in [-0.4, -0.2) is 27.7 Å². The third-order valence-electron chi connectivity index (χ3n) is 4.05. The van der Waals surface area contributed by atoms with Crippen LogP contribution in [0.4, 0.5) is 0 Å². The summed E-state index contributed by atoms with van der Waals surface area (Å²) in [7, 11) is -3.59. The molecule has 0 aliphatic carbocycles. The van der Waals surface area contributed by atoms with E-state index in [9.17, 15) is 8.42 Å². The monoisotopic (exact) mass is 364 g/mol. The molecule has 0 aliphatic heterocycles. The Hall–Kier alpha value is -3.19. The fraction of sp³-hybridized carbons (Fsp3) is 0.0526. The predicted molar refractivity (Wildman–Crippen MR) is 96.8 cm³/mol. The molecule has 0 bridgehead atoms. The summed E-state index contributed by atoms with van der Waals surface area (Å²) >= 11 is 0. The molecule has 4 aromatic rings. The first-order valence-corrected chi connectivity index (χ1v) is 9.51. The van der Waals surface area contributed by atoms with Crippen LogP contribution >= 0.6 is 0 Å². The molecule has 2 aromatic carbocycles. The lowest BCUT2D eigenvalue weighted by Gasteiger charge is -2.08. The van der Waals surface area contributed by atoms with Gasteiger partial charge in [0.15, 0.2) is 0 Å². The first kappa shape index (κ1) is 16.3. The number of aromatic nitrogens is 4. The highest BCUT2D eigenvalue weighted by Gasteiger charge is 2.18. The molecule has 0 unspecified atom stereocenters. The maximum Gasteiger partial charge on any atom is 0.206 e. The summed E-state index contributed by atoms with van der Waals surface area (Å²) in [6.07, 6.45) is 8.74. The van der Waals surface area contributed by atoms with Crippen LogP contribution in [0.2, 0.25) is 0 Å². The smallest absolute Gasteiger partial charge is 0.206 e. The van der Waals surface area contributed by atoms with E-state index >= 15 is 0 Å². The number of sulfone groups is 1. The quantitative estimate of drug-likeness (QED) is 0.546. The summed E-state index contributed by atoms with van der Waals surface area (Å²) in [6.45, 7) is 0.648. The molecule has 0 aliphatic rings. The van der Waals surface area contributed by atoms with Crippen LogP contribution in [0.25, 0.3) is 5.69 Å². The minimum absolute atomic E-state index is 0.243. The lowest BCUT2D eigenvalue weighted by molar-refractivity contribution is 0.596. The second kappa shape index (κ2) is 6.61. The van der Waals surface area contributed by atoms with Crippen LogP contribution < -0.4 is 0 Å². The van der Waals surface area contributed by atoms with Gasteiger partial charge in [-0.15, -0.1) is 0 Å². The van der Waals surface area contributed by atoms with E-state index < -0.39 is 9.84 Å². The van der Waals surface area contributed by atoms with E-state index in [0.717, 1.165) is 5.56 Å². The van der Waals surface area contributed by atoms with E-state index in [1.54, 1.807) is 66.0 Å². The molecular weight excluding hydrogens is 348 g/mol. The van der Waals surface area contributed by atoms with Gasteiger partial charge < -0.3 is 4.57 Å². The van der Waals surface area contributed by atoms with Gasteiger partial charge in [-0.05, 0) is 42.0 Å². The number of imidazole rings is 1. The summed E-state index contributed by atoms with van der Waals surface area (Å²) < 4.78 is 29.4. The summed E-state index contributed by atoms with van der Waals surface area (Å²) in [5.41, 5.74) is 1.71. The number of nitrogens with zero attached hydrogens (tertiary/aromatic N) is 4. The second-order valence-corrected chi connectivity index (χ2v) is 7.78. The van der Waals surface area contributed by atoms with Crippen molar-refractivity contribution in [3.8, 4) is 5.69 Å². The molecule has 0 amide bonds. The Labute approximate surface area is 151 Å². The molecule has 4 rings (SSSR count). The molecule has 0 saturated carbocycles. The van der Waals surface area contributed by atoms with Gasteiger partial charge in [0.05, 0.1) is 21.8 Å². The van der Waals surface area contributed by atoms with Gasteiger partial charge in [0.1, 0.15) is 0 Å². The van der Waals surface area contributed by atoms with Crippen molar-refractivity contribution >= 4 is 9.84 Å². The highest BCUT2D eigenvalue weighted by molar-refractivity contribution is 7.91. The number of hydrogen-bond donors (Lipinski definition) is 0. The van der Waals surface area contributed by atoms with E-state index in [1.807, 2.05) is 29.0 Å². The molecule has 0 radical (unpaired) electrons. The fourth-order valence-electron chi connectivity index (χ4n) is 2.72. The largest absolute Gasteiger partial charge is 0.333 e. The molecule has 26 heavy (non-hydrogen) atoms. The fourth-order valence-corrected chi connectivity index (χ4v) is 4.02. The molecule has 2 heterocycles. The number of rotatable bonds is 5. The highest BCUT2D eigenvalue weighted by Crippen LogP contribution is 2.23. The average Bonchev–Trinajstić information content (AvgIpc) is 3.36. The van der Waals surface area contributed by atoms with Crippen molar-refractivity contribution < 1.29 is 8.42 Å². The zero-order valence-electron chi connectivity index (χ0n) is 13.8. The van der Waals surface area contributed by atoms with Crippen LogP contribution in [0, 0.1) is 0 Å². The van der Waals surface area contributed by atoms with E-state index in [0.29, 0.717) is 12.2 Å². The maximum absolute atomic E-state index is 12.9. The molecule has 0 fully saturated rings. The Kier molecular flexibility index (Phi) is 4.14. The maximum atomic E-state index is 12.9. The summed E-state index contributed by atoms with van der Waals surface area (Å²) in [5.74, 6) is 0. The normalized spacial score (nSPS) is 11.5. The molecule has 0 saturated heterocycles. The van der Waals surface area contributed by atoms with Gasteiger partial charge in [0, 0.05) is 31.3 Å². The number of benzene rings is 2. The van der Waals surface area contributed by atoms with Gasteiger partial charge in [0.25, 0.3) is 0 Å². The van der Waals surface area contributed by atoms with Crippen molar-refractivity contribution in [3.05, 3.63) is 91.3 Å². The average molecular weight is 364 g/mol. The van der Waals surface area contributed by atoms with Crippen LogP contribution in [0.3, 0.4) is 0 Å². The topological polar surface area (TPSA) is 69.8 Å². The van der Waals surface area contributed by atoms with Crippen LogP contribution in [-0.2, 0) is 16.4 Å². The van der Waals surface area contributed by atoms with Gasteiger partial charge in [-0.1, -0.05) is 18.2 Å². The van der Waals surface area contributed by atoms with E-state index in [4.69, 9.17) is 0 Å². The lowest BCUT2D eigenvalue weighted by Crippen LogP contribution is -2.04. The number of hydrogen-bond acceptors (Lipinski definition) is 4. The van der Waals surface area contributed by atoms with Crippen molar-refractivity contribution in [2.45, 2.75) is 16.3 Å². The van der Waals surface area contributed by atoms with E-state index in [-0.39, 0.29) is 9.79 Å². The summed E-state index contributed by atoms with van der Waals surface area (Å²) in [6, 6.07) is 15.5. The van der Waals surface area contributed by atoms with Crippen LogP contribution in [0.5, 0.6) is 0 Å². The molecule has 6 nitrogen and oxygen atoms in total. The molecule has 0 N–H and O–H groups in total. The standard InChI is InChI=1S/C19H16N4O2S/c24-26(25,19-4-1-3-17(13-19)23-11-2-9-21-23)18-7-5-16(6-8-18)14-22-12-10-20-15-22/h1-13,15H,14H2. The van der Waals surface area contributed by atoms with Crippen molar-refractivity contribution in [2.75, 3.05) is 0 Å². The van der Waals surface area contributed by atoms with Crippen molar-refractivity contribution in [2.24, 2.45) is 0 Å². The van der Waals surface area contributed by atoms with Crippen LogP contribution in [0.1, 0.15) is 5.56 Å². The minimum Gasteiger partial charge on any atom is -0.333 e. The van der Waals surface area contributed by atoms with Gasteiger partial charge in [0.2, 0.25) is 9.84 Å². The Balaban J connectivity index is 1.63. The van der Waals surface area contributed by atoms with Crippen LogP contribution in [0.15, 0.2) is 95.5 Å². The van der Waals surface area contributed by atoms with Crippen molar-refractivity contribution in [3.63, 3.8) is 0 Å². The highest BCUT2D eigenvalue weighted by atomic mass is 32.2. The lowest BCUT2D eigenvalue weighted by atomic mass is 10.2. The summed E-state index contributed by atoms with van der Waals surface area (Å²) in [5, 5.41) is 4.14. The van der Waals surface area contributed by atoms with Gasteiger partial charge in [-0.25, -0.2) is 18.1 Å². The second-order valence-electron chi connectivity index (χ2n) is 5.83. The minimum atomic E-state index is -3.59. The van der Waals surface area contributed by atoms with Crippen molar-refractivity contribution in [1.82, 2.24) is 19.3 Å². The first-order chi connectivity index (χ1) is 12.6. The Morgan fingerprint density at radius 3 is 2.42 bits per heavy atom.